The molecule has 0 radical (unpaired) electrons. The minimum absolute atomic E-state index is 0.201. The van der Waals surface area contributed by atoms with E-state index in [1.807, 2.05) is 6.92 Å². The van der Waals surface area contributed by atoms with Crippen LogP contribution in [0.5, 0.6) is 0 Å². The Hall–Kier alpha value is -0.250. The van der Waals surface area contributed by atoms with Crippen molar-refractivity contribution in [3.05, 3.63) is 0 Å². The van der Waals surface area contributed by atoms with Crippen LogP contribution in [0.25, 0.3) is 0 Å². The van der Waals surface area contributed by atoms with E-state index in [-0.39, 0.29) is 5.92 Å². The van der Waals surface area contributed by atoms with Gasteiger partial charge in [-0.2, -0.15) is 13.2 Å². The summed E-state index contributed by atoms with van der Waals surface area (Å²) >= 11 is 0. The highest BCUT2D eigenvalue weighted by molar-refractivity contribution is 4.63. The Balaban J connectivity index is 3.53. The molecule has 0 aliphatic carbocycles. The lowest BCUT2D eigenvalue weighted by atomic mass is 9.96. The molecule has 92 valence electrons. The summed E-state index contributed by atoms with van der Waals surface area (Å²) in [6, 6.07) is 0. The lowest BCUT2D eigenvalue weighted by Gasteiger charge is -2.16. The summed E-state index contributed by atoms with van der Waals surface area (Å²) in [4.78, 5) is 0. The Morgan fingerprint density at radius 1 is 1.13 bits per heavy atom. The zero-order chi connectivity index (χ0) is 11.7. The largest absolute Gasteiger partial charge is 0.389 e. The van der Waals surface area contributed by atoms with E-state index in [1.165, 1.54) is 0 Å². The van der Waals surface area contributed by atoms with Gasteiger partial charge in [-0.05, 0) is 38.3 Å². The fraction of sp³-hybridized carbons (Fsp3) is 1.00. The quantitative estimate of drug-likeness (QED) is 0.620. The molecular formula is C11H22F3N. The summed E-state index contributed by atoms with van der Waals surface area (Å²) in [6.07, 6.45) is -1.43. The number of hydrogen-bond donors (Lipinski definition) is 1. The van der Waals surface area contributed by atoms with E-state index in [9.17, 15) is 13.2 Å². The first-order valence-corrected chi connectivity index (χ1v) is 5.77. The minimum Gasteiger partial charge on any atom is -0.317 e. The molecule has 4 heteroatoms. The van der Waals surface area contributed by atoms with Gasteiger partial charge in [-0.15, -0.1) is 0 Å². The zero-order valence-electron chi connectivity index (χ0n) is 9.66. The Morgan fingerprint density at radius 2 is 1.80 bits per heavy atom. The molecule has 0 saturated carbocycles. The van der Waals surface area contributed by atoms with Crippen molar-refractivity contribution in [2.75, 3.05) is 13.1 Å². The zero-order valence-corrected chi connectivity index (χ0v) is 9.66. The minimum atomic E-state index is -4.00. The van der Waals surface area contributed by atoms with E-state index in [1.54, 1.807) is 0 Å². The van der Waals surface area contributed by atoms with Gasteiger partial charge in [0.15, 0.2) is 0 Å². The van der Waals surface area contributed by atoms with Gasteiger partial charge in [-0.1, -0.05) is 20.3 Å². The normalized spacial score (nSPS) is 14.2. The third-order valence-corrected chi connectivity index (χ3v) is 2.49. The van der Waals surface area contributed by atoms with Crippen LogP contribution in [-0.4, -0.2) is 19.3 Å². The number of nitrogens with one attached hydrogen (secondary N) is 1. The fourth-order valence-corrected chi connectivity index (χ4v) is 1.60. The molecule has 0 aromatic heterocycles. The predicted octanol–water partition coefficient (Wildman–Crippen LogP) is 3.74. The summed E-state index contributed by atoms with van der Waals surface area (Å²) in [5, 5.41) is 3.20. The van der Waals surface area contributed by atoms with Gasteiger partial charge in [-0.3, -0.25) is 0 Å². The molecule has 0 aliphatic rings. The topological polar surface area (TPSA) is 12.0 Å². The number of alkyl halides is 3. The molecule has 0 aromatic rings. The molecule has 0 bridgehead atoms. The molecule has 0 spiro atoms. The number of hydrogen-bond acceptors (Lipinski definition) is 1. The summed E-state index contributed by atoms with van der Waals surface area (Å²) in [7, 11) is 0. The van der Waals surface area contributed by atoms with Gasteiger partial charge in [0.1, 0.15) is 0 Å². The second kappa shape index (κ2) is 7.97. The molecular weight excluding hydrogens is 203 g/mol. The maximum absolute atomic E-state index is 12.1. The van der Waals surface area contributed by atoms with Gasteiger partial charge in [0.2, 0.25) is 0 Å². The Morgan fingerprint density at radius 3 is 2.27 bits per heavy atom. The van der Waals surface area contributed by atoms with Crippen LogP contribution in [0.4, 0.5) is 13.2 Å². The van der Waals surface area contributed by atoms with Gasteiger partial charge in [-0.25, -0.2) is 0 Å². The molecule has 1 nitrogen and oxygen atoms in total. The molecule has 15 heavy (non-hydrogen) atoms. The molecule has 0 rings (SSSR count). The van der Waals surface area contributed by atoms with Crippen molar-refractivity contribution in [2.45, 2.75) is 52.1 Å². The van der Waals surface area contributed by atoms with Crippen LogP contribution in [0, 0.1) is 5.92 Å². The van der Waals surface area contributed by atoms with Crippen molar-refractivity contribution in [2.24, 2.45) is 5.92 Å². The summed E-state index contributed by atoms with van der Waals surface area (Å²) in [5.74, 6) is -0.201. The second-order valence-corrected chi connectivity index (χ2v) is 3.99. The molecule has 0 amide bonds. The standard InChI is InChI=1S/C11H22F3N/c1-3-7-15-8-5-6-10(4-2)9-11(12,13)14/h10,15H,3-9H2,1-2H3. The molecule has 0 fully saturated rings. The monoisotopic (exact) mass is 225 g/mol. The van der Waals surface area contributed by atoms with E-state index in [4.69, 9.17) is 0 Å². The van der Waals surface area contributed by atoms with E-state index in [0.717, 1.165) is 25.9 Å². The summed E-state index contributed by atoms with van der Waals surface area (Å²) in [6.45, 7) is 5.69. The Bertz CT molecular complexity index is 145. The molecule has 1 N–H and O–H groups in total. The first kappa shape index (κ1) is 14.8. The summed E-state index contributed by atoms with van der Waals surface area (Å²) < 4.78 is 36.3. The molecule has 0 heterocycles. The van der Waals surface area contributed by atoms with Crippen LogP contribution in [-0.2, 0) is 0 Å². The molecule has 0 saturated heterocycles. The van der Waals surface area contributed by atoms with Crippen molar-refractivity contribution >= 4 is 0 Å². The Kier molecular flexibility index (Phi) is 7.83. The van der Waals surface area contributed by atoms with E-state index >= 15 is 0 Å². The smallest absolute Gasteiger partial charge is 0.317 e. The van der Waals surface area contributed by atoms with Gasteiger partial charge in [0, 0.05) is 6.42 Å². The molecule has 1 atom stereocenters. The second-order valence-electron chi connectivity index (χ2n) is 3.99. The maximum atomic E-state index is 12.1. The number of rotatable bonds is 8. The lowest BCUT2D eigenvalue weighted by molar-refractivity contribution is -0.145. The fourth-order valence-electron chi connectivity index (χ4n) is 1.60. The van der Waals surface area contributed by atoms with Crippen molar-refractivity contribution in [3.63, 3.8) is 0 Å². The van der Waals surface area contributed by atoms with Gasteiger partial charge < -0.3 is 5.32 Å². The van der Waals surface area contributed by atoms with Gasteiger partial charge >= 0.3 is 6.18 Å². The van der Waals surface area contributed by atoms with Crippen LogP contribution in [0.3, 0.4) is 0 Å². The van der Waals surface area contributed by atoms with Crippen LogP contribution in [0.15, 0.2) is 0 Å². The average molecular weight is 225 g/mol. The van der Waals surface area contributed by atoms with Crippen LogP contribution < -0.4 is 5.32 Å². The first-order chi connectivity index (χ1) is 6.99. The lowest BCUT2D eigenvalue weighted by Crippen LogP contribution is -2.19. The van der Waals surface area contributed by atoms with Gasteiger partial charge in [0.05, 0.1) is 0 Å². The van der Waals surface area contributed by atoms with Gasteiger partial charge in [0.25, 0.3) is 0 Å². The first-order valence-electron chi connectivity index (χ1n) is 5.77. The Labute approximate surface area is 90.4 Å². The number of halogens is 3. The summed E-state index contributed by atoms with van der Waals surface area (Å²) in [5.41, 5.74) is 0. The SMILES string of the molecule is CCCNCCCC(CC)CC(F)(F)F. The third-order valence-electron chi connectivity index (χ3n) is 2.49. The highest BCUT2D eigenvalue weighted by atomic mass is 19.4. The van der Waals surface area contributed by atoms with E-state index in [0.29, 0.717) is 12.8 Å². The van der Waals surface area contributed by atoms with E-state index in [2.05, 4.69) is 12.2 Å². The maximum Gasteiger partial charge on any atom is 0.389 e. The molecule has 0 aromatic carbocycles. The highest BCUT2D eigenvalue weighted by Crippen LogP contribution is 2.28. The van der Waals surface area contributed by atoms with Crippen molar-refractivity contribution < 1.29 is 13.2 Å². The van der Waals surface area contributed by atoms with Crippen molar-refractivity contribution in [1.29, 1.82) is 0 Å². The third kappa shape index (κ3) is 10.0. The predicted molar refractivity (Wildman–Crippen MR) is 56.8 cm³/mol. The van der Waals surface area contributed by atoms with Crippen molar-refractivity contribution in [3.8, 4) is 0 Å². The van der Waals surface area contributed by atoms with Crippen molar-refractivity contribution in [1.82, 2.24) is 5.32 Å². The van der Waals surface area contributed by atoms with Crippen LogP contribution in [0.1, 0.15) is 46.0 Å². The average Bonchev–Trinajstić information content (AvgIpc) is 2.14. The van der Waals surface area contributed by atoms with Crippen LogP contribution >= 0.6 is 0 Å². The molecule has 0 aliphatic heterocycles. The van der Waals surface area contributed by atoms with E-state index < -0.39 is 12.6 Å². The highest BCUT2D eigenvalue weighted by Gasteiger charge is 2.30. The van der Waals surface area contributed by atoms with Crippen LogP contribution in [0.2, 0.25) is 0 Å². The molecule has 1 unspecified atom stereocenters.